The predicted molar refractivity (Wildman–Crippen MR) is 115 cm³/mol. The molecule has 4 rings (SSSR count). The molecule has 0 spiro atoms. The monoisotopic (exact) mass is 470 g/mol. The first-order valence-corrected chi connectivity index (χ1v) is 11.0. The average molecular weight is 470 g/mol. The zero-order chi connectivity index (χ0) is 23.4. The molecule has 0 saturated heterocycles. The number of amides is 1. The molecule has 0 unspecified atom stereocenters. The van der Waals surface area contributed by atoms with E-state index in [1.54, 1.807) is 12.1 Å². The minimum Gasteiger partial charge on any atom is -0.323 e. The summed E-state index contributed by atoms with van der Waals surface area (Å²) in [7, 11) is -3.89. The summed E-state index contributed by atoms with van der Waals surface area (Å²) in [6, 6.07) is 14.6. The summed E-state index contributed by atoms with van der Waals surface area (Å²) in [5, 5.41) is 13.2. The van der Waals surface area contributed by atoms with Gasteiger partial charge in [-0.2, -0.15) is 0 Å². The van der Waals surface area contributed by atoms with E-state index in [0.717, 1.165) is 24.3 Å². The van der Waals surface area contributed by atoms with Crippen molar-refractivity contribution in [2.24, 2.45) is 0 Å². The van der Waals surface area contributed by atoms with Gasteiger partial charge in [0, 0.05) is 5.69 Å². The molecule has 4 aromatic rings. The van der Waals surface area contributed by atoms with Gasteiger partial charge in [0.2, 0.25) is 5.91 Å². The lowest BCUT2D eigenvalue weighted by molar-refractivity contribution is -0.115. The summed E-state index contributed by atoms with van der Waals surface area (Å²) in [4.78, 5) is 12.3. The summed E-state index contributed by atoms with van der Waals surface area (Å²) < 4.78 is 55.6. The lowest BCUT2D eigenvalue weighted by Gasteiger charge is -2.10. The molecule has 33 heavy (non-hydrogen) atoms. The second-order valence-corrected chi connectivity index (χ2v) is 8.58. The van der Waals surface area contributed by atoms with Crippen molar-refractivity contribution in [3.63, 3.8) is 0 Å². The topological polar surface area (TPSA) is 119 Å². The molecule has 0 aliphatic heterocycles. The molecule has 0 fully saturated rings. The highest BCUT2D eigenvalue weighted by molar-refractivity contribution is 7.92. The van der Waals surface area contributed by atoms with Crippen LogP contribution in [-0.4, -0.2) is 34.5 Å². The molecule has 0 radical (unpaired) electrons. The summed E-state index contributed by atoms with van der Waals surface area (Å²) in [6.45, 7) is 0. The van der Waals surface area contributed by atoms with Gasteiger partial charge in [0.05, 0.1) is 22.7 Å². The van der Waals surface area contributed by atoms with E-state index in [9.17, 15) is 22.0 Å². The van der Waals surface area contributed by atoms with Crippen LogP contribution in [0.4, 0.5) is 20.2 Å². The minimum absolute atomic E-state index is 0.0309. The van der Waals surface area contributed by atoms with Gasteiger partial charge in [-0.05, 0) is 70.6 Å². The van der Waals surface area contributed by atoms with Crippen LogP contribution in [0.2, 0.25) is 0 Å². The standard InChI is InChI=1S/C21H16F2N6O3S/c22-15-3-8-18(9-4-15)33(31,32)26-16-5-1-14(2-6-16)11-21(30)25-20-12-17(7-10-19(20)23)29-13-24-27-28-29/h1-10,12-13,26H,11H2,(H,25,30). The van der Waals surface area contributed by atoms with Crippen molar-refractivity contribution in [2.45, 2.75) is 11.3 Å². The normalized spacial score (nSPS) is 11.2. The Hall–Kier alpha value is -4.19. The summed E-state index contributed by atoms with van der Waals surface area (Å²) in [6.07, 6.45) is 1.27. The number of tetrazole rings is 1. The Balaban J connectivity index is 1.40. The Morgan fingerprint density at radius 3 is 2.36 bits per heavy atom. The van der Waals surface area contributed by atoms with Gasteiger partial charge in [0.1, 0.15) is 18.0 Å². The second-order valence-electron chi connectivity index (χ2n) is 6.90. The number of aromatic nitrogens is 4. The van der Waals surface area contributed by atoms with Gasteiger partial charge in [-0.3, -0.25) is 9.52 Å². The summed E-state index contributed by atoms with van der Waals surface area (Å²) in [5.41, 5.74) is 1.28. The molecule has 0 aliphatic carbocycles. The molecule has 1 aromatic heterocycles. The molecular formula is C21H16F2N6O3S. The first-order valence-electron chi connectivity index (χ1n) is 9.50. The van der Waals surface area contributed by atoms with Gasteiger partial charge in [-0.15, -0.1) is 5.10 Å². The van der Waals surface area contributed by atoms with E-state index in [4.69, 9.17) is 0 Å². The van der Waals surface area contributed by atoms with Gasteiger partial charge in [-0.1, -0.05) is 12.1 Å². The van der Waals surface area contributed by atoms with Crippen LogP contribution in [-0.2, 0) is 21.2 Å². The van der Waals surface area contributed by atoms with E-state index in [1.165, 1.54) is 41.3 Å². The first-order chi connectivity index (χ1) is 15.8. The van der Waals surface area contributed by atoms with E-state index < -0.39 is 27.6 Å². The van der Waals surface area contributed by atoms with Crippen LogP contribution in [0.15, 0.2) is 78.0 Å². The third-order valence-electron chi connectivity index (χ3n) is 4.53. The molecule has 2 N–H and O–H groups in total. The lowest BCUT2D eigenvalue weighted by atomic mass is 10.1. The summed E-state index contributed by atoms with van der Waals surface area (Å²) in [5.74, 6) is -1.63. The SMILES string of the molecule is O=C(Cc1ccc(NS(=O)(=O)c2ccc(F)cc2)cc1)Nc1cc(-n2cnnn2)ccc1F. The number of halogens is 2. The quantitative estimate of drug-likeness (QED) is 0.429. The Kier molecular flexibility index (Phi) is 6.09. The van der Waals surface area contributed by atoms with Crippen molar-refractivity contribution >= 4 is 27.3 Å². The Labute approximate surface area is 187 Å². The van der Waals surface area contributed by atoms with Crippen LogP contribution in [0.25, 0.3) is 5.69 Å². The molecule has 3 aromatic carbocycles. The van der Waals surface area contributed by atoms with Crippen molar-refractivity contribution in [1.29, 1.82) is 0 Å². The number of hydrogen-bond acceptors (Lipinski definition) is 6. The van der Waals surface area contributed by atoms with E-state index in [1.807, 2.05) is 0 Å². The fourth-order valence-electron chi connectivity index (χ4n) is 2.93. The van der Waals surface area contributed by atoms with Crippen molar-refractivity contribution in [3.05, 3.63) is 90.3 Å². The molecule has 1 heterocycles. The number of sulfonamides is 1. The number of rotatable bonds is 7. The van der Waals surface area contributed by atoms with Gasteiger partial charge >= 0.3 is 0 Å². The third kappa shape index (κ3) is 5.36. The van der Waals surface area contributed by atoms with Crippen LogP contribution in [0.1, 0.15) is 5.56 Å². The van der Waals surface area contributed by atoms with Crippen LogP contribution in [0.3, 0.4) is 0 Å². The predicted octanol–water partition coefficient (Wildman–Crippen LogP) is 2.92. The molecule has 0 saturated carbocycles. The van der Waals surface area contributed by atoms with Gasteiger partial charge in [0.25, 0.3) is 10.0 Å². The molecule has 0 aliphatic rings. The first kappa shape index (κ1) is 22.0. The zero-order valence-electron chi connectivity index (χ0n) is 16.8. The van der Waals surface area contributed by atoms with Crippen LogP contribution < -0.4 is 10.0 Å². The second kappa shape index (κ2) is 9.12. The summed E-state index contributed by atoms with van der Waals surface area (Å²) >= 11 is 0. The number of carbonyl (C=O) groups is 1. The molecule has 1 amide bonds. The van der Waals surface area contributed by atoms with Crippen molar-refractivity contribution < 1.29 is 22.0 Å². The number of nitrogens with one attached hydrogen (secondary N) is 2. The maximum absolute atomic E-state index is 14.1. The van der Waals surface area contributed by atoms with Crippen molar-refractivity contribution in [2.75, 3.05) is 10.0 Å². The van der Waals surface area contributed by atoms with E-state index in [0.29, 0.717) is 11.3 Å². The Morgan fingerprint density at radius 1 is 0.970 bits per heavy atom. The maximum Gasteiger partial charge on any atom is 0.261 e. The van der Waals surface area contributed by atoms with Gasteiger partial charge in [-0.25, -0.2) is 21.9 Å². The van der Waals surface area contributed by atoms with Crippen LogP contribution >= 0.6 is 0 Å². The van der Waals surface area contributed by atoms with E-state index >= 15 is 0 Å². The van der Waals surface area contributed by atoms with Gasteiger partial charge < -0.3 is 5.32 Å². The van der Waals surface area contributed by atoms with Crippen molar-refractivity contribution in [3.8, 4) is 5.69 Å². The Bertz CT molecular complexity index is 1380. The molecular weight excluding hydrogens is 454 g/mol. The smallest absolute Gasteiger partial charge is 0.261 e. The molecule has 168 valence electrons. The van der Waals surface area contributed by atoms with E-state index in [-0.39, 0.29) is 22.7 Å². The van der Waals surface area contributed by atoms with Crippen LogP contribution in [0.5, 0.6) is 0 Å². The average Bonchev–Trinajstić information content (AvgIpc) is 3.32. The van der Waals surface area contributed by atoms with Gasteiger partial charge in [0.15, 0.2) is 0 Å². The fraction of sp³-hybridized carbons (Fsp3) is 0.0476. The molecule has 12 heteroatoms. The third-order valence-corrected chi connectivity index (χ3v) is 5.93. The molecule has 9 nitrogen and oxygen atoms in total. The number of hydrogen-bond donors (Lipinski definition) is 2. The molecule has 0 bridgehead atoms. The minimum atomic E-state index is -3.89. The van der Waals surface area contributed by atoms with Crippen LogP contribution in [0, 0.1) is 11.6 Å². The highest BCUT2D eigenvalue weighted by atomic mass is 32.2. The number of anilines is 2. The zero-order valence-corrected chi connectivity index (χ0v) is 17.6. The Morgan fingerprint density at radius 2 is 1.70 bits per heavy atom. The van der Waals surface area contributed by atoms with Crippen molar-refractivity contribution in [1.82, 2.24) is 20.2 Å². The number of carbonyl (C=O) groups excluding carboxylic acids is 1. The highest BCUT2D eigenvalue weighted by Gasteiger charge is 2.15. The lowest BCUT2D eigenvalue weighted by Crippen LogP contribution is -2.16. The van der Waals surface area contributed by atoms with E-state index in [2.05, 4.69) is 25.6 Å². The fourth-order valence-corrected chi connectivity index (χ4v) is 3.99. The largest absolute Gasteiger partial charge is 0.323 e. The number of nitrogens with zero attached hydrogens (tertiary/aromatic N) is 4. The maximum atomic E-state index is 14.1. The molecule has 0 atom stereocenters. The highest BCUT2D eigenvalue weighted by Crippen LogP contribution is 2.20. The number of benzene rings is 3.